The van der Waals surface area contributed by atoms with Gasteiger partial charge in [-0.15, -0.1) is 0 Å². The van der Waals surface area contributed by atoms with Crippen LogP contribution in [-0.2, 0) is 0 Å². The molecule has 0 saturated carbocycles. The molecule has 0 aliphatic heterocycles. The number of nitrogens with two attached hydrogens (primary N) is 1. The molecule has 0 fully saturated rings. The molecule has 18 heavy (non-hydrogen) atoms. The maximum atomic E-state index is 5.81. The average Bonchev–Trinajstić information content (AvgIpc) is 2.34. The van der Waals surface area contributed by atoms with E-state index in [2.05, 4.69) is 0 Å². The van der Waals surface area contributed by atoms with Gasteiger partial charge in [-0.1, -0.05) is 29.9 Å². The third-order valence-corrected chi connectivity index (χ3v) is 2.94. The maximum Gasteiger partial charge on any atom is 0.130 e. The van der Waals surface area contributed by atoms with Gasteiger partial charge in [0.15, 0.2) is 0 Å². The second-order valence-corrected chi connectivity index (χ2v) is 4.70. The smallest absolute Gasteiger partial charge is 0.130 e. The Labute approximate surface area is 112 Å². The van der Waals surface area contributed by atoms with E-state index >= 15 is 0 Å². The Morgan fingerprint density at radius 2 is 1.72 bits per heavy atom. The lowest BCUT2D eigenvalue weighted by atomic mass is 10.1. The molecule has 0 radical (unpaired) electrons. The fourth-order valence-electron chi connectivity index (χ4n) is 1.65. The van der Waals surface area contributed by atoms with Crippen molar-refractivity contribution in [3.8, 4) is 11.5 Å². The van der Waals surface area contributed by atoms with Gasteiger partial charge in [0.1, 0.15) is 16.5 Å². The van der Waals surface area contributed by atoms with Gasteiger partial charge in [0.25, 0.3) is 0 Å². The van der Waals surface area contributed by atoms with E-state index in [9.17, 15) is 0 Å². The number of hydrogen-bond acceptors (Lipinski definition) is 2. The second-order valence-electron chi connectivity index (χ2n) is 4.26. The Bertz CT molecular complexity index is 576. The quantitative estimate of drug-likeness (QED) is 0.851. The minimum Gasteiger partial charge on any atom is -0.457 e. The highest BCUT2D eigenvalue weighted by molar-refractivity contribution is 7.80. The number of thiocarbonyl (C=S) groups is 1. The van der Waals surface area contributed by atoms with Crippen LogP contribution in [0.2, 0.25) is 0 Å². The Kier molecular flexibility index (Phi) is 3.63. The number of aryl methyl sites for hydroxylation is 2. The van der Waals surface area contributed by atoms with Gasteiger partial charge in [-0.05, 0) is 49.7 Å². The molecule has 3 heteroatoms. The SMILES string of the molecule is Cc1ccc(Oc2ccc(C(N)=S)cc2C)cc1. The lowest BCUT2D eigenvalue weighted by Crippen LogP contribution is -2.09. The van der Waals surface area contributed by atoms with E-state index < -0.39 is 0 Å². The lowest BCUT2D eigenvalue weighted by Gasteiger charge is -2.10. The Morgan fingerprint density at radius 3 is 2.28 bits per heavy atom. The van der Waals surface area contributed by atoms with Gasteiger partial charge in [-0.25, -0.2) is 0 Å². The summed E-state index contributed by atoms with van der Waals surface area (Å²) in [5, 5.41) is 0. The number of ether oxygens (including phenoxy) is 1. The van der Waals surface area contributed by atoms with Crippen LogP contribution in [0.1, 0.15) is 16.7 Å². The van der Waals surface area contributed by atoms with Crippen molar-refractivity contribution in [3.05, 3.63) is 59.2 Å². The minimum atomic E-state index is 0.403. The highest BCUT2D eigenvalue weighted by Crippen LogP contribution is 2.25. The monoisotopic (exact) mass is 257 g/mol. The number of rotatable bonds is 3. The second kappa shape index (κ2) is 5.19. The summed E-state index contributed by atoms with van der Waals surface area (Å²) in [6, 6.07) is 13.7. The molecular weight excluding hydrogens is 242 g/mol. The summed E-state index contributed by atoms with van der Waals surface area (Å²) < 4.78 is 5.81. The Hall–Kier alpha value is -1.87. The maximum absolute atomic E-state index is 5.81. The molecule has 0 aliphatic carbocycles. The zero-order valence-corrected chi connectivity index (χ0v) is 11.3. The van der Waals surface area contributed by atoms with Crippen LogP contribution in [0.25, 0.3) is 0 Å². The summed E-state index contributed by atoms with van der Waals surface area (Å²) in [5.41, 5.74) is 8.68. The molecule has 0 amide bonds. The first kappa shape index (κ1) is 12.6. The molecule has 0 atom stereocenters. The van der Waals surface area contributed by atoms with Crippen LogP contribution in [0.15, 0.2) is 42.5 Å². The highest BCUT2D eigenvalue weighted by Gasteiger charge is 2.04. The van der Waals surface area contributed by atoms with Crippen molar-refractivity contribution in [3.63, 3.8) is 0 Å². The predicted octanol–water partition coefficient (Wildman–Crippen LogP) is 3.73. The van der Waals surface area contributed by atoms with Crippen LogP contribution >= 0.6 is 12.2 Å². The van der Waals surface area contributed by atoms with E-state index in [4.69, 9.17) is 22.7 Å². The van der Waals surface area contributed by atoms with Gasteiger partial charge < -0.3 is 10.5 Å². The molecular formula is C15H15NOS. The number of benzene rings is 2. The van der Waals surface area contributed by atoms with Gasteiger partial charge >= 0.3 is 0 Å². The van der Waals surface area contributed by atoms with Crippen LogP contribution in [0.5, 0.6) is 11.5 Å². The molecule has 2 rings (SSSR count). The first-order valence-electron chi connectivity index (χ1n) is 5.71. The third kappa shape index (κ3) is 2.87. The zero-order valence-electron chi connectivity index (χ0n) is 10.4. The molecule has 0 bridgehead atoms. The average molecular weight is 257 g/mol. The topological polar surface area (TPSA) is 35.2 Å². The van der Waals surface area contributed by atoms with Crippen molar-refractivity contribution < 1.29 is 4.74 Å². The van der Waals surface area contributed by atoms with Gasteiger partial charge in [-0.2, -0.15) is 0 Å². The molecule has 0 spiro atoms. The summed E-state index contributed by atoms with van der Waals surface area (Å²) in [7, 11) is 0. The molecule has 2 nitrogen and oxygen atoms in total. The van der Waals surface area contributed by atoms with Crippen LogP contribution in [0.4, 0.5) is 0 Å². The molecule has 2 aromatic rings. The van der Waals surface area contributed by atoms with Crippen LogP contribution < -0.4 is 10.5 Å². The van der Waals surface area contributed by atoms with E-state index in [1.807, 2.05) is 56.3 Å². The third-order valence-electron chi connectivity index (χ3n) is 2.71. The van der Waals surface area contributed by atoms with Gasteiger partial charge in [0, 0.05) is 5.56 Å². The summed E-state index contributed by atoms with van der Waals surface area (Å²) in [6.07, 6.45) is 0. The highest BCUT2D eigenvalue weighted by atomic mass is 32.1. The normalized spacial score (nSPS) is 10.1. The van der Waals surface area contributed by atoms with E-state index in [1.165, 1.54) is 5.56 Å². The summed E-state index contributed by atoms with van der Waals surface area (Å²) in [5.74, 6) is 1.64. The zero-order chi connectivity index (χ0) is 13.1. The molecule has 2 N–H and O–H groups in total. The van der Waals surface area contributed by atoms with Crippen molar-refractivity contribution in [2.75, 3.05) is 0 Å². The van der Waals surface area contributed by atoms with Crippen LogP contribution in [-0.4, -0.2) is 4.99 Å². The fourth-order valence-corrected chi connectivity index (χ4v) is 1.78. The van der Waals surface area contributed by atoms with E-state index in [-0.39, 0.29) is 0 Å². The molecule has 2 aromatic carbocycles. The summed E-state index contributed by atoms with van der Waals surface area (Å²) in [6.45, 7) is 4.03. The summed E-state index contributed by atoms with van der Waals surface area (Å²) in [4.78, 5) is 0.403. The van der Waals surface area contributed by atoms with Crippen molar-refractivity contribution in [1.82, 2.24) is 0 Å². The minimum absolute atomic E-state index is 0.403. The van der Waals surface area contributed by atoms with Crippen molar-refractivity contribution >= 4 is 17.2 Å². The largest absolute Gasteiger partial charge is 0.457 e. The van der Waals surface area contributed by atoms with Crippen molar-refractivity contribution in [2.45, 2.75) is 13.8 Å². The van der Waals surface area contributed by atoms with Crippen LogP contribution in [0.3, 0.4) is 0 Å². The molecule has 92 valence electrons. The van der Waals surface area contributed by atoms with E-state index in [0.29, 0.717) is 4.99 Å². The van der Waals surface area contributed by atoms with Gasteiger partial charge in [0.05, 0.1) is 0 Å². The Morgan fingerprint density at radius 1 is 1.06 bits per heavy atom. The van der Waals surface area contributed by atoms with E-state index in [0.717, 1.165) is 22.6 Å². The summed E-state index contributed by atoms with van der Waals surface area (Å²) >= 11 is 4.95. The number of hydrogen-bond donors (Lipinski definition) is 1. The molecule has 0 saturated heterocycles. The first-order valence-corrected chi connectivity index (χ1v) is 6.12. The molecule has 0 unspecified atom stereocenters. The Balaban J connectivity index is 2.24. The van der Waals surface area contributed by atoms with Gasteiger partial charge in [-0.3, -0.25) is 0 Å². The molecule has 0 heterocycles. The van der Waals surface area contributed by atoms with Crippen molar-refractivity contribution in [1.29, 1.82) is 0 Å². The fraction of sp³-hybridized carbons (Fsp3) is 0.133. The lowest BCUT2D eigenvalue weighted by molar-refractivity contribution is 0.479. The predicted molar refractivity (Wildman–Crippen MR) is 78.3 cm³/mol. The van der Waals surface area contributed by atoms with Crippen molar-refractivity contribution in [2.24, 2.45) is 5.73 Å². The molecule has 0 aliphatic rings. The van der Waals surface area contributed by atoms with Gasteiger partial charge in [0.2, 0.25) is 0 Å². The van der Waals surface area contributed by atoms with Crippen LogP contribution in [0, 0.1) is 13.8 Å². The standard InChI is InChI=1S/C15H15NOS/c1-10-3-6-13(7-4-10)17-14-8-5-12(15(16)18)9-11(14)2/h3-9H,1-2H3,(H2,16,18). The molecule has 0 aromatic heterocycles. The first-order chi connectivity index (χ1) is 8.56. The van der Waals surface area contributed by atoms with E-state index in [1.54, 1.807) is 0 Å².